The first-order valence-electron chi connectivity index (χ1n) is 10.9. The van der Waals surface area contributed by atoms with Gasteiger partial charge in [-0.05, 0) is 38.1 Å². The van der Waals surface area contributed by atoms with E-state index in [-0.39, 0.29) is 32.0 Å². The Morgan fingerprint density at radius 3 is 2.68 bits per heavy atom. The van der Waals surface area contributed by atoms with Gasteiger partial charge in [-0.2, -0.15) is 10.4 Å². The van der Waals surface area contributed by atoms with Gasteiger partial charge in [-0.15, -0.1) is 10.2 Å². The van der Waals surface area contributed by atoms with Crippen LogP contribution in [-0.4, -0.2) is 49.8 Å². The third-order valence-electron chi connectivity index (χ3n) is 5.65. The Morgan fingerprint density at radius 2 is 1.94 bits per heavy atom. The van der Waals surface area contributed by atoms with Crippen molar-refractivity contribution in [3.63, 3.8) is 0 Å². The van der Waals surface area contributed by atoms with E-state index in [4.69, 9.17) is 5.26 Å². The van der Waals surface area contributed by atoms with Crippen LogP contribution >= 0.6 is 11.3 Å². The second kappa shape index (κ2) is 8.61. The summed E-state index contributed by atoms with van der Waals surface area (Å²) in [5.74, 6) is -2.61. The Bertz CT molecular complexity index is 1380. The van der Waals surface area contributed by atoms with Gasteiger partial charge >= 0.3 is 0 Å². The van der Waals surface area contributed by atoms with Crippen molar-refractivity contribution in [2.24, 2.45) is 0 Å². The number of hydrogen-bond acceptors (Lipinski definition) is 8. The highest BCUT2D eigenvalue weighted by molar-refractivity contribution is 7.18. The van der Waals surface area contributed by atoms with Crippen LogP contribution in [0.25, 0.3) is 27.5 Å². The van der Waals surface area contributed by atoms with E-state index in [2.05, 4.69) is 31.7 Å². The van der Waals surface area contributed by atoms with Gasteiger partial charge in [0, 0.05) is 43.9 Å². The number of anilines is 2. The van der Waals surface area contributed by atoms with E-state index in [0.717, 1.165) is 22.5 Å². The van der Waals surface area contributed by atoms with E-state index in [1.165, 1.54) is 17.5 Å². The van der Waals surface area contributed by atoms with E-state index in [9.17, 15) is 8.78 Å². The molecule has 0 amide bonds. The van der Waals surface area contributed by atoms with Crippen LogP contribution in [-0.2, 0) is 0 Å². The molecule has 11 heteroatoms. The van der Waals surface area contributed by atoms with E-state index in [1.807, 2.05) is 36.9 Å². The van der Waals surface area contributed by atoms with Crippen molar-refractivity contribution in [1.82, 2.24) is 24.8 Å². The van der Waals surface area contributed by atoms with Crippen molar-refractivity contribution in [3.05, 3.63) is 42.2 Å². The third kappa shape index (κ3) is 4.28. The number of rotatable bonds is 5. The fraction of sp³-hybridized carbons (Fsp3) is 0.348. The number of nitrogens with zero attached hydrogens (tertiary/aromatic N) is 7. The maximum atomic E-state index is 13.5. The summed E-state index contributed by atoms with van der Waals surface area (Å²) in [6.07, 6.45) is 2.93. The Kier molecular flexibility index (Phi) is 5.61. The molecule has 0 bridgehead atoms. The number of piperidine rings is 1. The zero-order chi connectivity index (χ0) is 23.9. The van der Waals surface area contributed by atoms with Crippen molar-refractivity contribution in [2.75, 3.05) is 23.3 Å². The number of nitriles is 1. The summed E-state index contributed by atoms with van der Waals surface area (Å²) >= 11 is 1.37. The summed E-state index contributed by atoms with van der Waals surface area (Å²) in [6, 6.07) is 9.79. The Morgan fingerprint density at radius 1 is 1.15 bits per heavy atom. The molecule has 0 aromatic carbocycles. The Hall–Kier alpha value is -3.65. The Labute approximate surface area is 198 Å². The minimum Gasteiger partial charge on any atom is -0.382 e. The van der Waals surface area contributed by atoms with E-state index < -0.39 is 5.92 Å². The third-order valence-corrected chi connectivity index (χ3v) is 6.67. The second-order valence-corrected chi connectivity index (χ2v) is 9.51. The molecule has 1 aliphatic heterocycles. The summed E-state index contributed by atoms with van der Waals surface area (Å²) in [6.45, 7) is 4.61. The van der Waals surface area contributed by atoms with Crippen LogP contribution in [0, 0.1) is 11.3 Å². The van der Waals surface area contributed by atoms with E-state index in [0.29, 0.717) is 21.4 Å². The number of halogens is 2. The molecule has 0 spiro atoms. The number of aromatic nitrogens is 5. The smallest absolute Gasteiger partial charge is 0.251 e. The summed E-state index contributed by atoms with van der Waals surface area (Å²) in [5, 5.41) is 26.9. The zero-order valence-electron chi connectivity index (χ0n) is 18.7. The van der Waals surface area contributed by atoms with Crippen molar-refractivity contribution < 1.29 is 8.78 Å². The lowest BCUT2D eigenvalue weighted by molar-refractivity contribution is -0.0220. The summed E-state index contributed by atoms with van der Waals surface area (Å²) in [7, 11) is 0. The second-order valence-electron chi connectivity index (χ2n) is 8.56. The van der Waals surface area contributed by atoms with E-state index in [1.54, 1.807) is 16.8 Å². The number of hydrogen-bond donors (Lipinski definition) is 1. The van der Waals surface area contributed by atoms with Gasteiger partial charge in [0.1, 0.15) is 6.07 Å². The van der Waals surface area contributed by atoms with Crippen molar-refractivity contribution in [1.29, 1.82) is 5.26 Å². The minimum absolute atomic E-state index is 0.158. The largest absolute Gasteiger partial charge is 0.382 e. The van der Waals surface area contributed by atoms with Crippen LogP contribution in [0.1, 0.15) is 32.3 Å². The van der Waals surface area contributed by atoms with Gasteiger partial charge < -0.3 is 10.2 Å². The molecule has 5 rings (SSSR count). The molecule has 8 nitrogen and oxygen atoms in total. The summed E-state index contributed by atoms with van der Waals surface area (Å²) in [5.41, 5.74) is 4.45. The molecule has 1 N–H and O–H groups in total. The highest BCUT2D eigenvalue weighted by Crippen LogP contribution is 2.37. The maximum absolute atomic E-state index is 13.5. The molecule has 4 aromatic heterocycles. The predicted molar refractivity (Wildman–Crippen MR) is 127 cm³/mol. The van der Waals surface area contributed by atoms with Gasteiger partial charge in [-0.3, -0.25) is 4.98 Å². The zero-order valence-corrected chi connectivity index (χ0v) is 19.5. The highest BCUT2D eigenvalue weighted by Gasteiger charge is 2.35. The molecule has 0 aliphatic carbocycles. The molecular weight excluding hydrogens is 458 g/mol. The van der Waals surface area contributed by atoms with E-state index >= 15 is 0 Å². The highest BCUT2D eigenvalue weighted by atomic mass is 32.1. The monoisotopic (exact) mass is 480 g/mol. The van der Waals surface area contributed by atoms with Crippen LogP contribution in [0.5, 0.6) is 0 Å². The SMILES string of the molecule is CC(C)Nc1cc(-c2ccc3cc(C#N)cnn23)ncc1-c1nnc(N2CCC(F)(F)CC2)s1. The topological polar surface area (TPSA) is 95.0 Å². The van der Waals surface area contributed by atoms with Crippen LogP contribution in [0.4, 0.5) is 19.6 Å². The Balaban J connectivity index is 1.49. The molecule has 1 fully saturated rings. The molecule has 1 aliphatic rings. The molecule has 0 saturated carbocycles. The van der Waals surface area contributed by atoms with Crippen LogP contribution in [0.3, 0.4) is 0 Å². The summed E-state index contributed by atoms with van der Waals surface area (Å²) < 4.78 is 28.8. The molecular formula is C23H22F2N8S. The number of fused-ring (bicyclic) bond motifs is 1. The van der Waals surface area contributed by atoms with Gasteiger partial charge in [0.15, 0.2) is 5.01 Å². The lowest BCUT2D eigenvalue weighted by atomic mass is 10.1. The van der Waals surface area contributed by atoms with Gasteiger partial charge in [-0.1, -0.05) is 11.3 Å². The van der Waals surface area contributed by atoms with Crippen molar-refractivity contribution in [3.8, 4) is 28.0 Å². The van der Waals surface area contributed by atoms with Gasteiger partial charge in [0.25, 0.3) is 5.92 Å². The average Bonchev–Trinajstić information content (AvgIpc) is 3.45. The van der Waals surface area contributed by atoms with Gasteiger partial charge in [0.2, 0.25) is 5.13 Å². The number of nitrogens with one attached hydrogen (secondary N) is 1. The number of alkyl halides is 2. The van der Waals surface area contributed by atoms with Crippen LogP contribution in [0.15, 0.2) is 36.7 Å². The average molecular weight is 481 g/mol. The first-order valence-corrected chi connectivity index (χ1v) is 11.8. The van der Waals surface area contributed by atoms with Gasteiger partial charge in [-0.25, -0.2) is 13.3 Å². The standard InChI is InChI=1S/C23H22F2N8S/c1-14(2)29-18-10-19(20-4-3-16-9-15(11-26)12-28-33(16)20)27-13-17(18)21-30-31-22(34-21)32-7-5-23(24,25)6-8-32/h3-4,9-10,12-14H,5-8H2,1-2H3,(H,27,29). The normalized spacial score (nSPS) is 15.6. The van der Waals surface area contributed by atoms with Gasteiger partial charge in [0.05, 0.1) is 34.2 Å². The lowest BCUT2D eigenvalue weighted by Crippen LogP contribution is -2.39. The molecule has 5 heterocycles. The molecule has 0 radical (unpaired) electrons. The van der Waals surface area contributed by atoms with Crippen LogP contribution in [0.2, 0.25) is 0 Å². The predicted octanol–water partition coefficient (Wildman–Crippen LogP) is 4.84. The maximum Gasteiger partial charge on any atom is 0.251 e. The van der Waals surface area contributed by atoms with Crippen LogP contribution < -0.4 is 10.2 Å². The molecule has 4 aromatic rings. The first kappa shape index (κ1) is 22.2. The first-order chi connectivity index (χ1) is 16.3. The lowest BCUT2D eigenvalue weighted by Gasteiger charge is -2.30. The molecule has 34 heavy (non-hydrogen) atoms. The van der Waals surface area contributed by atoms with Crippen molar-refractivity contribution >= 4 is 27.7 Å². The molecule has 0 atom stereocenters. The fourth-order valence-corrected chi connectivity index (χ4v) is 4.85. The van der Waals surface area contributed by atoms with Crippen molar-refractivity contribution in [2.45, 2.75) is 38.7 Å². The fourth-order valence-electron chi connectivity index (χ4n) is 3.93. The molecule has 1 saturated heterocycles. The molecule has 0 unspecified atom stereocenters. The quantitative estimate of drug-likeness (QED) is 0.437. The number of pyridine rings is 1. The molecule has 174 valence electrons. The minimum atomic E-state index is -2.61. The summed E-state index contributed by atoms with van der Waals surface area (Å²) in [4.78, 5) is 6.52.